The summed E-state index contributed by atoms with van der Waals surface area (Å²) in [6.45, 7) is 3.81. The first-order chi connectivity index (χ1) is 10.0. The monoisotopic (exact) mass is 299 g/mol. The second-order valence-electron chi connectivity index (χ2n) is 4.40. The number of nitrogens with zero attached hydrogens (tertiary/aromatic N) is 4. The Bertz CT molecular complexity index is 631. The van der Waals surface area contributed by atoms with E-state index < -0.39 is 12.2 Å². The maximum absolute atomic E-state index is 12.7. The van der Waals surface area contributed by atoms with E-state index in [4.69, 9.17) is 4.74 Å². The zero-order valence-electron chi connectivity index (χ0n) is 11.6. The van der Waals surface area contributed by atoms with Crippen molar-refractivity contribution < 1.29 is 18.3 Å². The maximum Gasteiger partial charge on any atom is 0.307 e. The summed E-state index contributed by atoms with van der Waals surface area (Å²) in [5.41, 5.74) is 0.230. The highest BCUT2D eigenvalue weighted by atomic mass is 19.3. The number of alkyl halides is 2. The Morgan fingerprint density at radius 1 is 1.43 bits per heavy atom. The molecule has 7 nitrogen and oxygen atoms in total. The van der Waals surface area contributed by atoms with Gasteiger partial charge in [-0.1, -0.05) is 0 Å². The SMILES string of the molecule is CCOC(=O)CC(C)Nc1ccc2nnc(C(F)F)n2n1. The van der Waals surface area contributed by atoms with Gasteiger partial charge < -0.3 is 10.1 Å². The molecule has 0 aliphatic carbocycles. The van der Waals surface area contributed by atoms with Crippen molar-refractivity contribution in [2.24, 2.45) is 0 Å². The summed E-state index contributed by atoms with van der Waals surface area (Å²) in [6.07, 6.45) is -2.61. The average molecular weight is 299 g/mol. The molecular weight excluding hydrogens is 284 g/mol. The number of hydrogen-bond acceptors (Lipinski definition) is 6. The maximum atomic E-state index is 12.7. The summed E-state index contributed by atoms with van der Waals surface area (Å²) in [4.78, 5) is 11.4. The van der Waals surface area contributed by atoms with Crippen LogP contribution in [-0.2, 0) is 9.53 Å². The molecule has 0 saturated heterocycles. The predicted molar refractivity (Wildman–Crippen MR) is 70.1 cm³/mol. The molecule has 9 heteroatoms. The zero-order chi connectivity index (χ0) is 15.4. The van der Waals surface area contributed by atoms with E-state index in [1.165, 1.54) is 6.07 Å². The summed E-state index contributed by atoms with van der Waals surface area (Å²) >= 11 is 0. The normalized spacial score (nSPS) is 12.6. The molecule has 1 N–H and O–H groups in total. The number of halogens is 2. The van der Waals surface area contributed by atoms with Crippen LogP contribution in [0.25, 0.3) is 5.65 Å². The molecule has 1 atom stereocenters. The van der Waals surface area contributed by atoms with Crippen molar-refractivity contribution in [3.63, 3.8) is 0 Å². The largest absolute Gasteiger partial charge is 0.466 e. The molecule has 0 aromatic carbocycles. The molecule has 2 aromatic rings. The molecule has 21 heavy (non-hydrogen) atoms. The molecule has 1 unspecified atom stereocenters. The highest BCUT2D eigenvalue weighted by molar-refractivity contribution is 5.70. The number of carbonyl (C=O) groups excluding carboxylic acids is 1. The van der Waals surface area contributed by atoms with Crippen LogP contribution in [-0.4, -0.2) is 38.4 Å². The molecule has 0 fully saturated rings. The summed E-state index contributed by atoms with van der Waals surface area (Å²) in [6, 6.07) is 2.85. The first kappa shape index (κ1) is 15.1. The molecule has 2 rings (SSSR count). The first-order valence-electron chi connectivity index (χ1n) is 6.44. The van der Waals surface area contributed by atoms with Gasteiger partial charge in [-0.15, -0.1) is 15.3 Å². The highest BCUT2D eigenvalue weighted by Gasteiger charge is 2.17. The zero-order valence-corrected chi connectivity index (χ0v) is 11.6. The van der Waals surface area contributed by atoms with Gasteiger partial charge in [0, 0.05) is 6.04 Å². The van der Waals surface area contributed by atoms with Crippen LogP contribution in [0.1, 0.15) is 32.5 Å². The van der Waals surface area contributed by atoms with Crippen molar-refractivity contribution in [2.45, 2.75) is 32.7 Å². The van der Waals surface area contributed by atoms with Gasteiger partial charge in [-0.2, -0.15) is 4.52 Å². The molecule has 0 bridgehead atoms. The molecule has 2 heterocycles. The molecular formula is C12H15F2N5O2. The predicted octanol–water partition coefficient (Wildman–Crippen LogP) is 1.82. The minimum absolute atomic E-state index is 0.150. The smallest absolute Gasteiger partial charge is 0.307 e. The summed E-state index contributed by atoms with van der Waals surface area (Å²) < 4.78 is 31.3. The van der Waals surface area contributed by atoms with Crippen LogP contribution in [0.4, 0.5) is 14.6 Å². The van der Waals surface area contributed by atoms with Gasteiger partial charge in [0.25, 0.3) is 6.43 Å². The number of fused-ring (bicyclic) bond motifs is 1. The fraction of sp³-hybridized carbons (Fsp3) is 0.500. The third-order valence-electron chi connectivity index (χ3n) is 2.65. The quantitative estimate of drug-likeness (QED) is 0.819. The van der Waals surface area contributed by atoms with Gasteiger partial charge in [0.15, 0.2) is 5.65 Å². The summed E-state index contributed by atoms with van der Waals surface area (Å²) in [7, 11) is 0. The minimum atomic E-state index is -2.76. The lowest BCUT2D eigenvalue weighted by atomic mass is 10.2. The first-order valence-corrected chi connectivity index (χ1v) is 6.44. The van der Waals surface area contributed by atoms with E-state index in [2.05, 4.69) is 20.6 Å². The molecule has 0 aliphatic heterocycles. The second-order valence-corrected chi connectivity index (χ2v) is 4.40. The summed E-state index contributed by atoms with van der Waals surface area (Å²) in [5, 5.41) is 13.9. The number of carbonyl (C=O) groups is 1. The van der Waals surface area contributed by atoms with Gasteiger partial charge in [0.1, 0.15) is 5.82 Å². The lowest BCUT2D eigenvalue weighted by Gasteiger charge is -2.13. The fourth-order valence-corrected chi connectivity index (χ4v) is 1.79. The Morgan fingerprint density at radius 3 is 2.86 bits per heavy atom. The number of nitrogens with one attached hydrogen (secondary N) is 1. The van der Waals surface area contributed by atoms with Crippen LogP contribution in [0, 0.1) is 0 Å². The molecule has 2 aromatic heterocycles. The Hall–Kier alpha value is -2.32. The fourth-order valence-electron chi connectivity index (χ4n) is 1.79. The van der Waals surface area contributed by atoms with Crippen molar-refractivity contribution in [2.75, 3.05) is 11.9 Å². The molecule has 0 saturated carbocycles. The van der Waals surface area contributed by atoms with Gasteiger partial charge in [0.2, 0.25) is 5.82 Å². The van der Waals surface area contributed by atoms with Crippen molar-refractivity contribution in [3.8, 4) is 0 Å². The topological polar surface area (TPSA) is 81.4 Å². The lowest BCUT2D eigenvalue weighted by molar-refractivity contribution is -0.143. The Kier molecular flexibility index (Phi) is 4.61. The molecule has 0 amide bonds. The number of aromatic nitrogens is 4. The van der Waals surface area contributed by atoms with Crippen LogP contribution in [0.3, 0.4) is 0 Å². The van der Waals surface area contributed by atoms with Crippen LogP contribution in [0.15, 0.2) is 12.1 Å². The van der Waals surface area contributed by atoms with Crippen molar-refractivity contribution in [1.82, 2.24) is 19.8 Å². The molecule has 114 valence electrons. The number of hydrogen-bond donors (Lipinski definition) is 1. The number of esters is 1. The second kappa shape index (κ2) is 6.42. The standard InChI is InChI=1S/C12H15F2N5O2/c1-3-21-10(20)6-7(2)15-8-4-5-9-16-17-12(11(13)14)19(9)18-8/h4-5,7,11H,3,6H2,1-2H3,(H,15,18). The van der Waals surface area contributed by atoms with E-state index in [0.717, 1.165) is 4.52 Å². The Labute approximate surface area is 119 Å². The van der Waals surface area contributed by atoms with Crippen molar-refractivity contribution >= 4 is 17.4 Å². The van der Waals surface area contributed by atoms with E-state index in [9.17, 15) is 13.6 Å². The van der Waals surface area contributed by atoms with E-state index in [0.29, 0.717) is 12.4 Å². The number of rotatable bonds is 6. The van der Waals surface area contributed by atoms with Crippen molar-refractivity contribution in [1.29, 1.82) is 0 Å². The van der Waals surface area contributed by atoms with E-state index in [-0.39, 0.29) is 24.1 Å². The van der Waals surface area contributed by atoms with Gasteiger partial charge in [-0.25, -0.2) is 8.78 Å². The molecule has 0 spiro atoms. The van der Waals surface area contributed by atoms with Gasteiger partial charge in [-0.05, 0) is 26.0 Å². The lowest BCUT2D eigenvalue weighted by Crippen LogP contribution is -2.22. The van der Waals surface area contributed by atoms with Gasteiger partial charge in [-0.3, -0.25) is 4.79 Å². The van der Waals surface area contributed by atoms with Crippen molar-refractivity contribution in [3.05, 3.63) is 18.0 Å². The molecule has 0 radical (unpaired) electrons. The average Bonchev–Trinajstić information content (AvgIpc) is 2.81. The summed E-state index contributed by atoms with van der Waals surface area (Å²) in [5.74, 6) is -0.510. The Morgan fingerprint density at radius 2 is 2.19 bits per heavy atom. The third-order valence-corrected chi connectivity index (χ3v) is 2.65. The number of ether oxygens (including phenoxy) is 1. The third kappa shape index (κ3) is 3.61. The van der Waals surface area contributed by atoms with E-state index in [1.54, 1.807) is 19.9 Å². The minimum Gasteiger partial charge on any atom is -0.466 e. The molecule has 0 aliphatic rings. The number of anilines is 1. The van der Waals surface area contributed by atoms with E-state index >= 15 is 0 Å². The highest BCUT2D eigenvalue weighted by Crippen LogP contribution is 2.17. The van der Waals surface area contributed by atoms with Gasteiger partial charge >= 0.3 is 5.97 Å². The Balaban J connectivity index is 2.11. The van der Waals surface area contributed by atoms with Crippen LogP contribution in [0.5, 0.6) is 0 Å². The van der Waals surface area contributed by atoms with Crippen LogP contribution >= 0.6 is 0 Å². The van der Waals surface area contributed by atoms with Crippen LogP contribution in [0.2, 0.25) is 0 Å². The van der Waals surface area contributed by atoms with Crippen LogP contribution < -0.4 is 5.32 Å². The van der Waals surface area contributed by atoms with E-state index in [1.807, 2.05) is 0 Å². The van der Waals surface area contributed by atoms with Gasteiger partial charge in [0.05, 0.1) is 13.0 Å².